The molecule has 8 heteroatoms. The summed E-state index contributed by atoms with van der Waals surface area (Å²) in [5.74, 6) is 1.02. The minimum atomic E-state index is 0.270. The summed E-state index contributed by atoms with van der Waals surface area (Å²) in [6, 6.07) is 14.3. The van der Waals surface area contributed by atoms with Crippen LogP contribution in [0.2, 0.25) is 25.1 Å². The van der Waals surface area contributed by atoms with Crippen molar-refractivity contribution < 1.29 is 9.47 Å². The van der Waals surface area contributed by atoms with Gasteiger partial charge in [-0.2, -0.15) is 0 Å². The van der Waals surface area contributed by atoms with Crippen LogP contribution in [0, 0.1) is 0 Å². The van der Waals surface area contributed by atoms with Gasteiger partial charge in [0.1, 0.15) is 6.61 Å². The Kier molecular flexibility index (Phi) is 8.27. The highest BCUT2D eigenvalue weighted by molar-refractivity contribution is 6.42. The molecular formula is C22H18Cl5NO2. The Bertz CT molecular complexity index is 1040. The van der Waals surface area contributed by atoms with Crippen molar-refractivity contribution in [1.29, 1.82) is 0 Å². The number of benzene rings is 3. The van der Waals surface area contributed by atoms with Crippen molar-refractivity contribution in [2.24, 2.45) is 0 Å². The fraction of sp³-hybridized carbons (Fsp3) is 0.182. The zero-order valence-electron chi connectivity index (χ0n) is 15.9. The van der Waals surface area contributed by atoms with Crippen molar-refractivity contribution in [3.63, 3.8) is 0 Å². The van der Waals surface area contributed by atoms with E-state index in [1.807, 2.05) is 25.1 Å². The maximum Gasteiger partial charge on any atom is 0.180 e. The average molecular weight is 506 g/mol. The summed E-state index contributed by atoms with van der Waals surface area (Å²) in [5.41, 5.74) is 2.50. The fourth-order valence-electron chi connectivity index (χ4n) is 2.74. The minimum Gasteiger partial charge on any atom is -0.490 e. The van der Waals surface area contributed by atoms with Crippen LogP contribution in [-0.4, -0.2) is 6.61 Å². The molecule has 1 N–H and O–H groups in total. The monoisotopic (exact) mass is 503 g/mol. The van der Waals surface area contributed by atoms with Crippen LogP contribution >= 0.6 is 58.0 Å². The average Bonchev–Trinajstić information content (AvgIpc) is 2.71. The van der Waals surface area contributed by atoms with Crippen molar-refractivity contribution >= 4 is 63.7 Å². The molecule has 0 aliphatic rings. The van der Waals surface area contributed by atoms with Crippen LogP contribution in [-0.2, 0) is 13.2 Å². The summed E-state index contributed by atoms with van der Waals surface area (Å²) < 4.78 is 11.7. The lowest BCUT2D eigenvalue weighted by Crippen LogP contribution is -2.04. The standard InChI is InChI=1S/C22H18Cl5NO2/c1-2-29-21-9-14(11-28-20-10-15(23)4-6-17(20)25)8-19(27)22(21)30-12-13-3-5-16(24)18(26)7-13/h3-10,28H,2,11-12H2,1H3. The summed E-state index contributed by atoms with van der Waals surface area (Å²) >= 11 is 30.8. The summed E-state index contributed by atoms with van der Waals surface area (Å²) in [5, 5.41) is 5.83. The number of hydrogen-bond acceptors (Lipinski definition) is 3. The highest BCUT2D eigenvalue weighted by atomic mass is 35.5. The largest absolute Gasteiger partial charge is 0.490 e. The normalized spacial score (nSPS) is 10.7. The molecule has 3 aromatic carbocycles. The fourth-order valence-corrected chi connectivity index (χ4v) is 3.71. The summed E-state index contributed by atoms with van der Waals surface area (Å²) in [4.78, 5) is 0. The van der Waals surface area contributed by atoms with Gasteiger partial charge in [-0.05, 0) is 60.5 Å². The molecule has 0 saturated heterocycles. The van der Waals surface area contributed by atoms with Crippen LogP contribution in [0.5, 0.6) is 11.5 Å². The van der Waals surface area contributed by atoms with Gasteiger partial charge in [-0.1, -0.05) is 64.1 Å². The van der Waals surface area contributed by atoms with Crippen molar-refractivity contribution in [3.05, 3.63) is 84.8 Å². The molecule has 0 bridgehead atoms. The second kappa shape index (κ2) is 10.7. The van der Waals surface area contributed by atoms with E-state index in [-0.39, 0.29) is 6.61 Å². The quantitative estimate of drug-likeness (QED) is 0.333. The highest BCUT2D eigenvalue weighted by Gasteiger charge is 2.14. The van der Waals surface area contributed by atoms with E-state index in [0.29, 0.717) is 49.8 Å². The molecule has 0 unspecified atom stereocenters. The Morgan fingerprint density at radius 1 is 0.733 bits per heavy atom. The molecule has 0 saturated carbocycles. The van der Waals surface area contributed by atoms with Gasteiger partial charge in [0.25, 0.3) is 0 Å². The zero-order valence-corrected chi connectivity index (χ0v) is 19.7. The first-order valence-electron chi connectivity index (χ1n) is 9.08. The molecule has 0 aromatic heterocycles. The predicted octanol–water partition coefficient (Wildman–Crippen LogP) is 8.54. The van der Waals surface area contributed by atoms with Crippen LogP contribution in [0.25, 0.3) is 0 Å². The third-order valence-electron chi connectivity index (χ3n) is 4.15. The topological polar surface area (TPSA) is 30.5 Å². The molecule has 158 valence electrons. The molecule has 30 heavy (non-hydrogen) atoms. The van der Waals surface area contributed by atoms with Gasteiger partial charge in [-0.25, -0.2) is 0 Å². The molecule has 3 aromatic rings. The number of ether oxygens (including phenoxy) is 2. The molecule has 0 aliphatic carbocycles. The van der Waals surface area contributed by atoms with Crippen LogP contribution in [0.1, 0.15) is 18.1 Å². The zero-order chi connectivity index (χ0) is 21.7. The lowest BCUT2D eigenvalue weighted by molar-refractivity contribution is 0.269. The number of anilines is 1. The molecule has 0 spiro atoms. The van der Waals surface area contributed by atoms with Gasteiger partial charge in [-0.15, -0.1) is 0 Å². The minimum absolute atomic E-state index is 0.270. The molecule has 0 aliphatic heterocycles. The Labute approximate surface area is 200 Å². The van der Waals surface area contributed by atoms with Crippen LogP contribution in [0.3, 0.4) is 0 Å². The second-order valence-corrected chi connectivity index (χ2v) is 8.42. The van der Waals surface area contributed by atoms with Crippen LogP contribution < -0.4 is 14.8 Å². The molecule has 0 fully saturated rings. The number of halogens is 5. The Hall–Kier alpha value is -1.49. The van der Waals surface area contributed by atoms with E-state index in [4.69, 9.17) is 67.5 Å². The van der Waals surface area contributed by atoms with E-state index < -0.39 is 0 Å². The van der Waals surface area contributed by atoms with E-state index in [2.05, 4.69) is 5.32 Å². The van der Waals surface area contributed by atoms with Gasteiger partial charge in [0.2, 0.25) is 0 Å². The summed E-state index contributed by atoms with van der Waals surface area (Å²) in [7, 11) is 0. The van der Waals surface area contributed by atoms with Crippen LogP contribution in [0.15, 0.2) is 48.5 Å². The molecule has 3 nitrogen and oxygen atoms in total. The highest BCUT2D eigenvalue weighted by Crippen LogP contribution is 2.38. The Balaban J connectivity index is 1.77. The predicted molar refractivity (Wildman–Crippen MR) is 127 cm³/mol. The smallest absolute Gasteiger partial charge is 0.180 e. The lowest BCUT2D eigenvalue weighted by atomic mass is 10.2. The number of hydrogen-bond donors (Lipinski definition) is 1. The SMILES string of the molecule is CCOc1cc(CNc2cc(Cl)ccc2Cl)cc(Cl)c1OCc1ccc(Cl)c(Cl)c1. The summed E-state index contributed by atoms with van der Waals surface area (Å²) in [6.45, 7) is 3.11. The van der Waals surface area contributed by atoms with Crippen molar-refractivity contribution in [1.82, 2.24) is 0 Å². The first-order valence-corrected chi connectivity index (χ1v) is 11.0. The van der Waals surface area contributed by atoms with Gasteiger partial charge >= 0.3 is 0 Å². The van der Waals surface area contributed by atoms with Crippen molar-refractivity contribution in [3.8, 4) is 11.5 Å². The third-order valence-corrected chi connectivity index (χ3v) is 5.73. The summed E-state index contributed by atoms with van der Waals surface area (Å²) in [6.07, 6.45) is 0. The molecule has 0 heterocycles. The first kappa shape index (κ1) is 23.2. The third kappa shape index (κ3) is 6.03. The maximum atomic E-state index is 6.50. The van der Waals surface area contributed by atoms with Gasteiger partial charge in [0.15, 0.2) is 11.5 Å². The molecule has 3 rings (SSSR count). The number of rotatable bonds is 8. The van der Waals surface area contributed by atoms with Crippen molar-refractivity contribution in [2.45, 2.75) is 20.1 Å². The van der Waals surface area contributed by atoms with Gasteiger partial charge in [0.05, 0.1) is 32.4 Å². The van der Waals surface area contributed by atoms with E-state index >= 15 is 0 Å². The molecule has 0 radical (unpaired) electrons. The van der Waals surface area contributed by atoms with E-state index in [0.717, 1.165) is 16.8 Å². The van der Waals surface area contributed by atoms with Gasteiger partial charge < -0.3 is 14.8 Å². The van der Waals surface area contributed by atoms with E-state index in [1.165, 1.54) is 0 Å². The van der Waals surface area contributed by atoms with Crippen molar-refractivity contribution in [2.75, 3.05) is 11.9 Å². The Morgan fingerprint density at radius 3 is 2.20 bits per heavy atom. The molecule has 0 atom stereocenters. The second-order valence-electron chi connectivity index (χ2n) is 6.35. The maximum absolute atomic E-state index is 6.50. The Morgan fingerprint density at radius 2 is 1.47 bits per heavy atom. The van der Waals surface area contributed by atoms with E-state index in [9.17, 15) is 0 Å². The molecule has 0 amide bonds. The number of nitrogens with one attached hydrogen (secondary N) is 1. The van der Waals surface area contributed by atoms with Crippen LogP contribution in [0.4, 0.5) is 5.69 Å². The first-order chi connectivity index (χ1) is 14.4. The lowest BCUT2D eigenvalue weighted by Gasteiger charge is -2.16. The molecular weight excluding hydrogens is 488 g/mol. The van der Waals surface area contributed by atoms with Gasteiger partial charge in [-0.3, -0.25) is 0 Å². The van der Waals surface area contributed by atoms with Gasteiger partial charge in [0, 0.05) is 11.6 Å². The van der Waals surface area contributed by atoms with E-state index in [1.54, 1.807) is 30.3 Å².